The number of nitrogens with zero attached hydrogens (tertiary/aromatic N) is 1. The van der Waals surface area contributed by atoms with E-state index in [4.69, 9.17) is 4.74 Å². The van der Waals surface area contributed by atoms with Crippen LogP contribution in [0.1, 0.15) is 47.7 Å². The molecule has 0 atom stereocenters. The van der Waals surface area contributed by atoms with E-state index in [-0.39, 0.29) is 11.8 Å². The molecule has 0 spiro atoms. The second-order valence-electron chi connectivity index (χ2n) is 6.85. The third-order valence-corrected chi connectivity index (χ3v) is 5.19. The highest BCUT2D eigenvalue weighted by molar-refractivity contribution is 5.97. The Morgan fingerprint density at radius 2 is 1.88 bits per heavy atom. The quantitative estimate of drug-likeness (QED) is 0.920. The molecule has 130 valence electrons. The van der Waals surface area contributed by atoms with Crippen LogP contribution in [-0.4, -0.2) is 43.5 Å². The maximum atomic E-state index is 12.9. The molecule has 0 radical (unpaired) electrons. The van der Waals surface area contributed by atoms with Gasteiger partial charge in [-0.05, 0) is 61.3 Å². The average Bonchev–Trinajstić information content (AvgIpc) is 3.06. The minimum absolute atomic E-state index is 0.0105. The second-order valence-corrected chi connectivity index (χ2v) is 6.85. The molecule has 2 amide bonds. The van der Waals surface area contributed by atoms with E-state index in [1.54, 1.807) is 14.0 Å². The minimum Gasteiger partial charge on any atom is -0.496 e. The van der Waals surface area contributed by atoms with Crippen molar-refractivity contribution in [2.45, 2.75) is 39.0 Å². The van der Waals surface area contributed by atoms with Crippen molar-refractivity contribution in [3.8, 4) is 5.75 Å². The SMILES string of the molecule is COc1cc2c(cc1C(=O)N1CCC(CNC(C)=O)CC1)CCC2. The summed E-state index contributed by atoms with van der Waals surface area (Å²) in [5, 5.41) is 2.88. The van der Waals surface area contributed by atoms with Crippen LogP contribution in [0, 0.1) is 5.92 Å². The summed E-state index contributed by atoms with van der Waals surface area (Å²) < 4.78 is 5.47. The van der Waals surface area contributed by atoms with Gasteiger partial charge >= 0.3 is 0 Å². The fraction of sp³-hybridized carbons (Fsp3) is 0.579. The molecule has 1 heterocycles. The lowest BCUT2D eigenvalue weighted by molar-refractivity contribution is -0.119. The molecule has 1 saturated heterocycles. The Hall–Kier alpha value is -2.04. The summed E-state index contributed by atoms with van der Waals surface area (Å²) in [5.41, 5.74) is 3.30. The number of ether oxygens (including phenoxy) is 1. The average molecular weight is 330 g/mol. The smallest absolute Gasteiger partial charge is 0.257 e. The van der Waals surface area contributed by atoms with Gasteiger partial charge in [-0.15, -0.1) is 0 Å². The maximum Gasteiger partial charge on any atom is 0.257 e. The monoisotopic (exact) mass is 330 g/mol. The van der Waals surface area contributed by atoms with E-state index in [0.29, 0.717) is 23.8 Å². The van der Waals surface area contributed by atoms with Crippen molar-refractivity contribution in [3.05, 3.63) is 28.8 Å². The van der Waals surface area contributed by atoms with Gasteiger partial charge in [0.25, 0.3) is 5.91 Å². The van der Waals surface area contributed by atoms with Crippen molar-refractivity contribution in [3.63, 3.8) is 0 Å². The number of likely N-dealkylation sites (tertiary alicyclic amines) is 1. The van der Waals surface area contributed by atoms with E-state index in [1.165, 1.54) is 11.1 Å². The first-order valence-corrected chi connectivity index (χ1v) is 8.82. The summed E-state index contributed by atoms with van der Waals surface area (Å²) in [6.07, 6.45) is 5.15. The lowest BCUT2D eigenvalue weighted by Crippen LogP contribution is -2.41. The molecule has 2 aliphatic rings. The first kappa shape index (κ1) is 16.8. The number of nitrogens with one attached hydrogen (secondary N) is 1. The van der Waals surface area contributed by atoms with Crippen LogP contribution in [0.15, 0.2) is 12.1 Å². The van der Waals surface area contributed by atoms with Gasteiger partial charge in [0.2, 0.25) is 5.91 Å². The molecule has 5 nitrogen and oxygen atoms in total. The standard InChI is InChI=1S/C19H26N2O3/c1-13(22)20-12-14-6-8-21(9-7-14)19(23)17-10-15-4-3-5-16(15)11-18(17)24-2/h10-11,14H,3-9,12H2,1-2H3,(H,20,22). The predicted molar refractivity (Wildman–Crippen MR) is 92.3 cm³/mol. The Bertz CT molecular complexity index is 634. The van der Waals surface area contributed by atoms with Crippen LogP contribution in [0.5, 0.6) is 5.75 Å². The van der Waals surface area contributed by atoms with Crippen LogP contribution in [-0.2, 0) is 17.6 Å². The van der Waals surface area contributed by atoms with Gasteiger partial charge in [-0.2, -0.15) is 0 Å². The van der Waals surface area contributed by atoms with Crippen molar-refractivity contribution >= 4 is 11.8 Å². The molecule has 5 heteroatoms. The van der Waals surface area contributed by atoms with Crippen LogP contribution >= 0.6 is 0 Å². The normalized spacial score (nSPS) is 17.5. The number of carbonyl (C=O) groups excluding carboxylic acids is 2. The predicted octanol–water partition coefficient (Wildman–Crippen LogP) is 2.17. The van der Waals surface area contributed by atoms with Crippen molar-refractivity contribution < 1.29 is 14.3 Å². The summed E-state index contributed by atoms with van der Waals surface area (Å²) >= 11 is 0. The Labute approximate surface area is 143 Å². The van der Waals surface area contributed by atoms with E-state index in [0.717, 1.165) is 45.2 Å². The van der Waals surface area contributed by atoms with Crippen LogP contribution < -0.4 is 10.1 Å². The Kier molecular flexibility index (Phi) is 5.07. The van der Waals surface area contributed by atoms with E-state index in [2.05, 4.69) is 5.32 Å². The molecule has 0 unspecified atom stereocenters. The zero-order chi connectivity index (χ0) is 17.1. The highest BCUT2D eigenvalue weighted by Crippen LogP contribution is 2.31. The lowest BCUT2D eigenvalue weighted by Gasteiger charge is -2.32. The summed E-state index contributed by atoms with van der Waals surface area (Å²) in [6.45, 7) is 3.73. The molecule has 1 fully saturated rings. The zero-order valence-corrected chi connectivity index (χ0v) is 14.6. The van der Waals surface area contributed by atoms with E-state index in [9.17, 15) is 9.59 Å². The van der Waals surface area contributed by atoms with Gasteiger partial charge in [0.05, 0.1) is 12.7 Å². The topological polar surface area (TPSA) is 58.6 Å². The highest BCUT2D eigenvalue weighted by Gasteiger charge is 2.27. The van der Waals surface area contributed by atoms with Crippen LogP contribution in [0.25, 0.3) is 0 Å². The summed E-state index contributed by atoms with van der Waals surface area (Å²) in [7, 11) is 1.63. The number of hydrogen-bond acceptors (Lipinski definition) is 3. The maximum absolute atomic E-state index is 12.9. The van der Waals surface area contributed by atoms with Crippen molar-refractivity contribution in [2.75, 3.05) is 26.7 Å². The van der Waals surface area contributed by atoms with Gasteiger partial charge in [-0.3, -0.25) is 9.59 Å². The molecule has 1 aliphatic heterocycles. The number of carbonyl (C=O) groups is 2. The Balaban J connectivity index is 1.66. The van der Waals surface area contributed by atoms with E-state index >= 15 is 0 Å². The molecule has 1 aliphatic carbocycles. The number of benzene rings is 1. The minimum atomic E-state index is 0.0105. The molecule has 0 saturated carbocycles. The lowest BCUT2D eigenvalue weighted by atomic mass is 9.95. The molecule has 0 aromatic heterocycles. The number of piperidine rings is 1. The first-order valence-electron chi connectivity index (χ1n) is 8.82. The van der Waals surface area contributed by atoms with Gasteiger partial charge in [0.1, 0.15) is 5.75 Å². The fourth-order valence-electron chi connectivity index (χ4n) is 3.74. The third kappa shape index (κ3) is 3.55. The first-order chi connectivity index (χ1) is 11.6. The summed E-state index contributed by atoms with van der Waals surface area (Å²) in [4.78, 5) is 25.9. The number of methoxy groups -OCH3 is 1. The van der Waals surface area contributed by atoms with E-state index in [1.807, 2.05) is 17.0 Å². The second kappa shape index (κ2) is 7.24. The molecule has 1 aromatic rings. The largest absolute Gasteiger partial charge is 0.496 e. The van der Waals surface area contributed by atoms with Crippen molar-refractivity contribution in [1.29, 1.82) is 0 Å². The van der Waals surface area contributed by atoms with Crippen LogP contribution in [0.2, 0.25) is 0 Å². The highest BCUT2D eigenvalue weighted by atomic mass is 16.5. The zero-order valence-electron chi connectivity index (χ0n) is 14.6. The number of rotatable bonds is 4. The van der Waals surface area contributed by atoms with Gasteiger partial charge in [0, 0.05) is 26.6 Å². The van der Waals surface area contributed by atoms with Crippen LogP contribution in [0.4, 0.5) is 0 Å². The summed E-state index contributed by atoms with van der Waals surface area (Å²) in [5.74, 6) is 1.23. The molecule has 3 rings (SSSR count). The van der Waals surface area contributed by atoms with Gasteiger partial charge in [-0.1, -0.05) is 0 Å². The number of hydrogen-bond donors (Lipinski definition) is 1. The van der Waals surface area contributed by atoms with Gasteiger partial charge in [-0.25, -0.2) is 0 Å². The molecule has 0 bridgehead atoms. The fourth-order valence-corrected chi connectivity index (χ4v) is 3.74. The van der Waals surface area contributed by atoms with Crippen molar-refractivity contribution in [1.82, 2.24) is 10.2 Å². The van der Waals surface area contributed by atoms with Gasteiger partial charge in [0.15, 0.2) is 0 Å². The number of amides is 2. The molecule has 1 N–H and O–H groups in total. The number of aryl methyl sites for hydroxylation is 2. The van der Waals surface area contributed by atoms with Gasteiger partial charge < -0.3 is 15.0 Å². The molecule has 24 heavy (non-hydrogen) atoms. The Morgan fingerprint density at radius 1 is 1.21 bits per heavy atom. The Morgan fingerprint density at radius 3 is 2.50 bits per heavy atom. The third-order valence-electron chi connectivity index (χ3n) is 5.19. The number of fused-ring (bicyclic) bond motifs is 1. The molecule has 1 aromatic carbocycles. The summed E-state index contributed by atoms with van der Waals surface area (Å²) in [6, 6.07) is 4.08. The van der Waals surface area contributed by atoms with Crippen molar-refractivity contribution in [2.24, 2.45) is 5.92 Å². The van der Waals surface area contributed by atoms with Crippen LogP contribution in [0.3, 0.4) is 0 Å². The molecular weight excluding hydrogens is 304 g/mol. The van der Waals surface area contributed by atoms with E-state index < -0.39 is 0 Å². The molecular formula is C19H26N2O3.